The van der Waals surface area contributed by atoms with E-state index in [-0.39, 0.29) is 32.6 Å². The monoisotopic (exact) mass is 464 g/mol. The third-order valence-corrected chi connectivity index (χ3v) is 6.40. The van der Waals surface area contributed by atoms with Gasteiger partial charge in [-0.05, 0) is 49.7 Å². The highest BCUT2D eigenvalue weighted by molar-refractivity contribution is 7.89. The first kappa shape index (κ1) is 22.8. The molecule has 28 heavy (non-hydrogen) atoms. The van der Waals surface area contributed by atoms with E-state index in [1.165, 1.54) is 36.4 Å². The van der Waals surface area contributed by atoms with E-state index in [1.807, 2.05) is 6.92 Å². The fraction of sp³-hybridized carbons (Fsp3) is 0.278. The molecule has 0 aliphatic heterocycles. The van der Waals surface area contributed by atoms with Crippen LogP contribution in [0.4, 0.5) is 5.69 Å². The average molecular weight is 466 g/mol. The van der Waals surface area contributed by atoms with Crippen molar-refractivity contribution >= 4 is 56.4 Å². The Morgan fingerprint density at radius 1 is 1.07 bits per heavy atom. The van der Waals surface area contributed by atoms with Crippen molar-refractivity contribution < 1.29 is 17.9 Å². The largest absolute Gasteiger partial charge is 0.484 e. The lowest BCUT2D eigenvalue weighted by molar-refractivity contribution is -0.118. The molecule has 2 aromatic carbocycles. The second kappa shape index (κ2) is 9.80. The summed E-state index contributed by atoms with van der Waals surface area (Å²) in [7, 11) is -3.60. The molecule has 0 unspecified atom stereocenters. The number of anilines is 1. The van der Waals surface area contributed by atoms with Crippen LogP contribution >= 0.6 is 34.8 Å². The normalized spacial score (nSPS) is 12.5. The van der Waals surface area contributed by atoms with Crippen LogP contribution in [0.1, 0.15) is 20.3 Å². The maximum atomic E-state index is 12.2. The van der Waals surface area contributed by atoms with Crippen LogP contribution in [0.25, 0.3) is 0 Å². The van der Waals surface area contributed by atoms with Crippen molar-refractivity contribution in [2.75, 3.05) is 11.9 Å². The molecule has 0 fully saturated rings. The Balaban J connectivity index is 1.96. The van der Waals surface area contributed by atoms with Gasteiger partial charge in [0.25, 0.3) is 5.91 Å². The van der Waals surface area contributed by atoms with Crippen LogP contribution in [0.3, 0.4) is 0 Å². The minimum Gasteiger partial charge on any atom is -0.484 e. The average Bonchev–Trinajstić information content (AvgIpc) is 2.64. The number of amides is 1. The Morgan fingerprint density at radius 2 is 1.68 bits per heavy atom. The van der Waals surface area contributed by atoms with Crippen LogP contribution in [0, 0.1) is 0 Å². The van der Waals surface area contributed by atoms with Crippen molar-refractivity contribution in [1.82, 2.24) is 4.72 Å². The highest BCUT2D eigenvalue weighted by Gasteiger charge is 2.16. The van der Waals surface area contributed by atoms with Crippen molar-refractivity contribution in [3.63, 3.8) is 0 Å². The van der Waals surface area contributed by atoms with Crippen molar-refractivity contribution in [1.29, 1.82) is 0 Å². The molecule has 0 spiro atoms. The predicted molar refractivity (Wildman–Crippen MR) is 112 cm³/mol. The second-order valence-corrected chi connectivity index (χ2v) is 8.92. The number of benzene rings is 2. The van der Waals surface area contributed by atoms with Gasteiger partial charge in [-0.3, -0.25) is 4.79 Å². The summed E-state index contributed by atoms with van der Waals surface area (Å²) in [5.41, 5.74) is 0.308. The third kappa shape index (κ3) is 6.25. The number of carbonyl (C=O) groups is 1. The zero-order valence-electron chi connectivity index (χ0n) is 15.1. The quantitative estimate of drug-likeness (QED) is 0.551. The van der Waals surface area contributed by atoms with Crippen LogP contribution < -0.4 is 14.8 Å². The Kier molecular flexibility index (Phi) is 7.97. The Hall–Kier alpha value is -1.51. The molecule has 0 aliphatic rings. The van der Waals surface area contributed by atoms with Gasteiger partial charge in [-0.25, -0.2) is 13.1 Å². The maximum absolute atomic E-state index is 12.2. The Labute approximate surface area is 179 Å². The fourth-order valence-corrected chi connectivity index (χ4v) is 4.01. The van der Waals surface area contributed by atoms with E-state index in [9.17, 15) is 13.2 Å². The van der Waals surface area contributed by atoms with Gasteiger partial charge in [-0.15, -0.1) is 0 Å². The van der Waals surface area contributed by atoms with Gasteiger partial charge in [0.05, 0.1) is 25.7 Å². The number of ether oxygens (including phenoxy) is 1. The highest BCUT2D eigenvalue weighted by atomic mass is 35.5. The van der Waals surface area contributed by atoms with Gasteiger partial charge in [-0.1, -0.05) is 41.7 Å². The van der Waals surface area contributed by atoms with Crippen molar-refractivity contribution in [2.45, 2.75) is 31.2 Å². The molecular formula is C18H19Cl3N2O4S. The van der Waals surface area contributed by atoms with Gasteiger partial charge in [0.2, 0.25) is 10.0 Å². The minimum absolute atomic E-state index is 0.118. The summed E-state index contributed by atoms with van der Waals surface area (Å²) in [4.78, 5) is 12.2. The summed E-state index contributed by atoms with van der Waals surface area (Å²) in [6.07, 6.45) is 0.679. The molecule has 10 heteroatoms. The number of hydrogen-bond donors (Lipinski definition) is 2. The number of halogens is 3. The molecule has 2 rings (SSSR count). The van der Waals surface area contributed by atoms with Crippen molar-refractivity contribution in [2.24, 2.45) is 0 Å². The van der Waals surface area contributed by atoms with Gasteiger partial charge >= 0.3 is 0 Å². The van der Waals surface area contributed by atoms with Crippen LogP contribution in [-0.4, -0.2) is 27.0 Å². The molecule has 1 amide bonds. The molecule has 152 valence electrons. The van der Waals surface area contributed by atoms with Gasteiger partial charge in [0.15, 0.2) is 6.61 Å². The van der Waals surface area contributed by atoms with E-state index in [0.717, 1.165) is 0 Å². The summed E-state index contributed by atoms with van der Waals surface area (Å²) in [5.74, 6) is -0.117. The highest BCUT2D eigenvalue weighted by Crippen LogP contribution is 2.32. The molecule has 0 radical (unpaired) electrons. The molecule has 6 nitrogen and oxygen atoms in total. The standard InChI is InChI=1S/C18H19Cl3N2O4S/c1-3-11(2)23-28(25,26)13-6-4-12(5-7-13)27-10-18(24)22-17-9-15(20)14(19)8-16(17)21/h4-9,11,23H,3,10H2,1-2H3,(H,22,24)/t11-/m1/s1. The first-order valence-corrected chi connectivity index (χ1v) is 10.9. The minimum atomic E-state index is -3.60. The predicted octanol–water partition coefficient (Wildman–Crippen LogP) is 4.74. The van der Waals surface area contributed by atoms with Crippen LogP contribution in [0.15, 0.2) is 41.3 Å². The SMILES string of the molecule is CC[C@@H](C)NS(=O)(=O)c1ccc(OCC(=O)Nc2cc(Cl)c(Cl)cc2Cl)cc1. The lowest BCUT2D eigenvalue weighted by Gasteiger charge is -2.13. The molecule has 2 N–H and O–H groups in total. The summed E-state index contributed by atoms with van der Waals surface area (Å²) in [6.45, 7) is 3.38. The Morgan fingerprint density at radius 3 is 2.29 bits per heavy atom. The molecular weight excluding hydrogens is 447 g/mol. The van der Waals surface area contributed by atoms with E-state index in [4.69, 9.17) is 39.5 Å². The van der Waals surface area contributed by atoms with E-state index >= 15 is 0 Å². The van der Waals surface area contributed by atoms with Crippen LogP contribution in [0.5, 0.6) is 5.75 Å². The molecule has 0 saturated carbocycles. The molecule has 0 aliphatic carbocycles. The number of hydrogen-bond acceptors (Lipinski definition) is 4. The van der Waals surface area contributed by atoms with Gasteiger partial charge in [-0.2, -0.15) is 0 Å². The van der Waals surface area contributed by atoms with Gasteiger partial charge in [0.1, 0.15) is 5.75 Å². The molecule has 2 aromatic rings. The summed E-state index contributed by atoms with van der Waals surface area (Å²) < 4.78 is 32.4. The molecule has 0 aromatic heterocycles. The maximum Gasteiger partial charge on any atom is 0.262 e. The van der Waals surface area contributed by atoms with E-state index < -0.39 is 15.9 Å². The molecule has 0 saturated heterocycles. The number of sulfonamides is 1. The van der Waals surface area contributed by atoms with Gasteiger partial charge < -0.3 is 10.1 Å². The molecule has 0 heterocycles. The third-order valence-electron chi connectivity index (χ3n) is 3.76. The number of nitrogens with one attached hydrogen (secondary N) is 2. The first-order chi connectivity index (χ1) is 13.1. The zero-order chi connectivity index (χ0) is 20.9. The summed E-state index contributed by atoms with van der Waals surface area (Å²) in [6, 6.07) is 8.47. The van der Waals surface area contributed by atoms with Crippen LogP contribution in [0.2, 0.25) is 15.1 Å². The summed E-state index contributed by atoms with van der Waals surface area (Å²) in [5, 5.41) is 3.34. The fourth-order valence-electron chi connectivity index (χ4n) is 2.08. The van der Waals surface area contributed by atoms with Crippen molar-refractivity contribution in [3.8, 4) is 5.75 Å². The van der Waals surface area contributed by atoms with E-state index in [0.29, 0.717) is 17.9 Å². The van der Waals surface area contributed by atoms with E-state index in [1.54, 1.807) is 6.92 Å². The number of rotatable bonds is 8. The van der Waals surface area contributed by atoms with Crippen LogP contribution in [-0.2, 0) is 14.8 Å². The first-order valence-electron chi connectivity index (χ1n) is 8.32. The topological polar surface area (TPSA) is 84.5 Å². The molecule has 1 atom stereocenters. The Bertz CT molecular complexity index is 950. The summed E-state index contributed by atoms with van der Waals surface area (Å²) >= 11 is 17.8. The zero-order valence-corrected chi connectivity index (χ0v) is 18.2. The molecule has 0 bridgehead atoms. The van der Waals surface area contributed by atoms with Crippen molar-refractivity contribution in [3.05, 3.63) is 51.5 Å². The van der Waals surface area contributed by atoms with E-state index in [2.05, 4.69) is 10.0 Å². The second-order valence-electron chi connectivity index (χ2n) is 5.99. The van der Waals surface area contributed by atoms with Gasteiger partial charge in [0, 0.05) is 6.04 Å². The smallest absolute Gasteiger partial charge is 0.262 e. The lowest BCUT2D eigenvalue weighted by Crippen LogP contribution is -2.31. The number of carbonyl (C=O) groups excluding carboxylic acids is 1. The lowest BCUT2D eigenvalue weighted by atomic mass is 10.3.